The molecular weight excluding hydrogens is 360 g/mol. The largest absolute Gasteiger partial charge is 0.461 e. The molecule has 5 heteroatoms. The molecule has 3 aromatic rings. The van der Waals surface area contributed by atoms with E-state index in [2.05, 4.69) is 6.07 Å². The number of carbonyl (C=O) groups excluding carboxylic acids is 1. The van der Waals surface area contributed by atoms with Gasteiger partial charge in [-0.3, -0.25) is 0 Å². The van der Waals surface area contributed by atoms with Crippen LogP contribution in [0.2, 0.25) is 5.02 Å². The molecule has 0 N–H and O–H groups in total. The predicted octanol–water partition coefficient (Wildman–Crippen LogP) is 5.37. The minimum Gasteiger partial charge on any atom is -0.461 e. The molecule has 0 fully saturated rings. The van der Waals surface area contributed by atoms with E-state index in [9.17, 15) is 10.1 Å². The van der Waals surface area contributed by atoms with Crippen molar-refractivity contribution in [3.05, 3.63) is 70.5 Å². The fourth-order valence-electron chi connectivity index (χ4n) is 3.26. The van der Waals surface area contributed by atoms with E-state index in [1.165, 1.54) is 0 Å². The van der Waals surface area contributed by atoms with E-state index < -0.39 is 5.97 Å². The van der Waals surface area contributed by atoms with Gasteiger partial charge in [0.2, 0.25) is 0 Å². The first kappa shape index (κ1) is 18.8. The van der Waals surface area contributed by atoms with Crippen LogP contribution in [0.1, 0.15) is 28.7 Å². The Balaban J connectivity index is 2.37. The van der Waals surface area contributed by atoms with Crippen molar-refractivity contribution in [1.29, 1.82) is 5.26 Å². The number of aromatic nitrogens is 1. The van der Waals surface area contributed by atoms with Crippen molar-refractivity contribution >= 4 is 17.6 Å². The number of hydrogen-bond acceptors (Lipinski definition) is 3. The molecule has 136 valence electrons. The zero-order chi connectivity index (χ0) is 19.6. The SMILES string of the molecule is CCOC(=O)c1c(-c2ccccc2-c2ccccc2Cl)c(C#N)c(C)n1C. The normalized spacial score (nSPS) is 10.5. The Kier molecular flexibility index (Phi) is 5.34. The highest BCUT2D eigenvalue weighted by molar-refractivity contribution is 6.33. The number of hydrogen-bond donors (Lipinski definition) is 0. The second-order valence-electron chi connectivity index (χ2n) is 6.10. The lowest BCUT2D eigenvalue weighted by Crippen LogP contribution is -2.11. The third kappa shape index (κ3) is 3.22. The number of nitriles is 1. The average Bonchev–Trinajstić information content (AvgIpc) is 2.93. The zero-order valence-electron chi connectivity index (χ0n) is 15.4. The summed E-state index contributed by atoms with van der Waals surface area (Å²) in [5.41, 5.74) is 4.58. The fourth-order valence-corrected chi connectivity index (χ4v) is 3.49. The van der Waals surface area contributed by atoms with Crippen molar-refractivity contribution in [2.24, 2.45) is 7.05 Å². The molecule has 0 saturated carbocycles. The molecule has 3 rings (SSSR count). The first-order valence-electron chi connectivity index (χ1n) is 8.62. The summed E-state index contributed by atoms with van der Waals surface area (Å²) in [7, 11) is 1.77. The number of ether oxygens (including phenoxy) is 1. The van der Waals surface area contributed by atoms with E-state index >= 15 is 0 Å². The van der Waals surface area contributed by atoms with Crippen LogP contribution in [-0.2, 0) is 11.8 Å². The highest BCUT2D eigenvalue weighted by Crippen LogP contribution is 2.40. The van der Waals surface area contributed by atoms with Crippen LogP contribution < -0.4 is 0 Å². The van der Waals surface area contributed by atoms with E-state index in [0.29, 0.717) is 27.5 Å². The van der Waals surface area contributed by atoms with Crippen molar-refractivity contribution in [3.8, 4) is 28.3 Å². The number of halogens is 1. The highest BCUT2D eigenvalue weighted by atomic mass is 35.5. The standard InChI is InChI=1S/C22H19ClN2O2/c1-4-27-22(26)21-20(18(13-24)14(2)25(21)3)17-11-6-5-9-15(17)16-10-7-8-12-19(16)23/h5-12H,4H2,1-3H3. The van der Waals surface area contributed by atoms with E-state index in [-0.39, 0.29) is 6.61 Å². The maximum atomic E-state index is 12.7. The summed E-state index contributed by atoms with van der Waals surface area (Å²) in [4.78, 5) is 12.7. The lowest BCUT2D eigenvalue weighted by atomic mass is 9.92. The average molecular weight is 379 g/mol. The summed E-state index contributed by atoms with van der Waals surface area (Å²) in [6.07, 6.45) is 0. The molecule has 0 bridgehead atoms. The van der Waals surface area contributed by atoms with Crippen molar-refractivity contribution in [2.45, 2.75) is 13.8 Å². The van der Waals surface area contributed by atoms with Crippen molar-refractivity contribution in [2.75, 3.05) is 6.61 Å². The van der Waals surface area contributed by atoms with Crippen LogP contribution >= 0.6 is 11.6 Å². The van der Waals surface area contributed by atoms with Crippen molar-refractivity contribution in [1.82, 2.24) is 4.57 Å². The first-order chi connectivity index (χ1) is 13.0. The van der Waals surface area contributed by atoms with Gasteiger partial charge in [0, 0.05) is 28.9 Å². The molecule has 0 unspecified atom stereocenters. The molecule has 0 radical (unpaired) electrons. The molecule has 0 atom stereocenters. The maximum absolute atomic E-state index is 12.7. The second-order valence-corrected chi connectivity index (χ2v) is 6.51. The number of esters is 1. The topological polar surface area (TPSA) is 55.0 Å². The third-order valence-corrected chi connectivity index (χ3v) is 4.96. The summed E-state index contributed by atoms with van der Waals surface area (Å²) < 4.78 is 6.98. The Hall–Kier alpha value is -3.03. The van der Waals surface area contributed by atoms with Gasteiger partial charge in [-0.25, -0.2) is 4.79 Å². The predicted molar refractivity (Wildman–Crippen MR) is 107 cm³/mol. The monoisotopic (exact) mass is 378 g/mol. The van der Waals surface area contributed by atoms with Gasteiger partial charge in [-0.05, 0) is 31.0 Å². The van der Waals surface area contributed by atoms with E-state index in [1.807, 2.05) is 55.5 Å². The lowest BCUT2D eigenvalue weighted by molar-refractivity contribution is 0.0516. The second kappa shape index (κ2) is 7.69. The van der Waals surface area contributed by atoms with Gasteiger partial charge in [-0.15, -0.1) is 0 Å². The quantitative estimate of drug-likeness (QED) is 0.573. The van der Waals surface area contributed by atoms with Gasteiger partial charge < -0.3 is 9.30 Å². The van der Waals surface area contributed by atoms with Crippen LogP contribution in [-0.4, -0.2) is 17.1 Å². The van der Waals surface area contributed by atoms with Gasteiger partial charge in [0.25, 0.3) is 0 Å². The molecule has 1 aromatic heterocycles. The summed E-state index contributed by atoms with van der Waals surface area (Å²) in [5, 5.41) is 10.4. The van der Waals surface area contributed by atoms with Crippen LogP contribution in [0, 0.1) is 18.3 Å². The highest BCUT2D eigenvalue weighted by Gasteiger charge is 2.27. The van der Waals surface area contributed by atoms with E-state index in [1.54, 1.807) is 18.5 Å². The van der Waals surface area contributed by atoms with Gasteiger partial charge in [0.1, 0.15) is 11.8 Å². The summed E-state index contributed by atoms with van der Waals surface area (Å²) in [6.45, 7) is 3.84. The van der Waals surface area contributed by atoms with Crippen molar-refractivity contribution in [3.63, 3.8) is 0 Å². The van der Waals surface area contributed by atoms with Crippen molar-refractivity contribution < 1.29 is 9.53 Å². The molecule has 0 aliphatic carbocycles. The number of carbonyl (C=O) groups is 1. The smallest absolute Gasteiger partial charge is 0.355 e. The Morgan fingerprint density at radius 3 is 2.30 bits per heavy atom. The number of nitrogens with zero attached hydrogens (tertiary/aromatic N) is 2. The molecule has 0 saturated heterocycles. The summed E-state index contributed by atoms with van der Waals surface area (Å²) in [6, 6.07) is 17.4. The Labute approximate surface area is 163 Å². The molecule has 0 aliphatic heterocycles. The molecule has 4 nitrogen and oxygen atoms in total. The molecule has 0 aliphatic rings. The fraction of sp³-hybridized carbons (Fsp3) is 0.182. The molecular formula is C22H19ClN2O2. The lowest BCUT2D eigenvalue weighted by Gasteiger charge is -2.13. The van der Waals surface area contributed by atoms with Gasteiger partial charge >= 0.3 is 5.97 Å². The van der Waals surface area contributed by atoms with Crippen LogP contribution in [0.3, 0.4) is 0 Å². The molecule has 0 amide bonds. The third-order valence-electron chi connectivity index (χ3n) is 4.63. The minimum atomic E-state index is -0.450. The Bertz CT molecular complexity index is 1060. The van der Waals surface area contributed by atoms with E-state index in [0.717, 1.165) is 16.7 Å². The van der Waals surface area contributed by atoms with Gasteiger partial charge in [-0.1, -0.05) is 54.1 Å². The molecule has 2 aromatic carbocycles. The Morgan fingerprint density at radius 1 is 1.11 bits per heavy atom. The maximum Gasteiger partial charge on any atom is 0.355 e. The molecule has 0 spiro atoms. The molecule has 1 heterocycles. The van der Waals surface area contributed by atoms with Gasteiger partial charge in [0.05, 0.1) is 12.2 Å². The Morgan fingerprint density at radius 2 is 1.70 bits per heavy atom. The van der Waals surface area contributed by atoms with Crippen LogP contribution in [0.4, 0.5) is 0 Å². The van der Waals surface area contributed by atoms with Crippen LogP contribution in [0.25, 0.3) is 22.3 Å². The first-order valence-corrected chi connectivity index (χ1v) is 8.99. The zero-order valence-corrected chi connectivity index (χ0v) is 16.2. The van der Waals surface area contributed by atoms with Crippen LogP contribution in [0.15, 0.2) is 48.5 Å². The van der Waals surface area contributed by atoms with Gasteiger partial charge in [0.15, 0.2) is 0 Å². The van der Waals surface area contributed by atoms with Crippen LogP contribution in [0.5, 0.6) is 0 Å². The van der Waals surface area contributed by atoms with E-state index in [4.69, 9.17) is 16.3 Å². The number of benzene rings is 2. The summed E-state index contributed by atoms with van der Waals surface area (Å²) >= 11 is 6.42. The summed E-state index contributed by atoms with van der Waals surface area (Å²) in [5.74, 6) is -0.450. The van der Waals surface area contributed by atoms with Gasteiger partial charge in [-0.2, -0.15) is 5.26 Å². The number of rotatable bonds is 4. The molecule has 27 heavy (non-hydrogen) atoms. The minimum absolute atomic E-state index is 0.260.